The molecule has 0 radical (unpaired) electrons. The number of rotatable bonds is 11. The molecule has 0 fully saturated rings. The van der Waals surface area contributed by atoms with Crippen molar-refractivity contribution in [3.63, 3.8) is 0 Å². The van der Waals surface area contributed by atoms with Gasteiger partial charge in [0, 0.05) is 13.1 Å². The van der Waals surface area contributed by atoms with E-state index >= 15 is 0 Å². The highest BCUT2D eigenvalue weighted by Crippen LogP contribution is 2.28. The lowest BCUT2D eigenvalue weighted by Gasteiger charge is -2.25. The van der Waals surface area contributed by atoms with Crippen LogP contribution in [0.25, 0.3) is 0 Å². The molecule has 1 atom stereocenters. The third kappa shape index (κ3) is 6.27. The first kappa shape index (κ1) is 21.7. The highest BCUT2D eigenvalue weighted by molar-refractivity contribution is 5.42. The Bertz CT molecular complexity index is 892. The van der Waals surface area contributed by atoms with Gasteiger partial charge in [0.2, 0.25) is 0 Å². The molecule has 0 aliphatic carbocycles. The third-order valence-electron chi connectivity index (χ3n) is 4.75. The minimum Gasteiger partial charge on any atom is -0.493 e. The molecular formula is C24H29NO5. The number of methoxy groups -OCH3 is 2. The van der Waals surface area contributed by atoms with Crippen molar-refractivity contribution in [3.8, 4) is 17.2 Å². The van der Waals surface area contributed by atoms with Gasteiger partial charge in [-0.3, -0.25) is 4.90 Å². The van der Waals surface area contributed by atoms with Gasteiger partial charge in [0.25, 0.3) is 0 Å². The number of aliphatic hydroxyl groups is 1. The number of benzene rings is 2. The summed E-state index contributed by atoms with van der Waals surface area (Å²) in [5.41, 5.74) is 2.22. The molecule has 160 valence electrons. The Labute approximate surface area is 177 Å². The summed E-state index contributed by atoms with van der Waals surface area (Å²) in [6, 6.07) is 17.4. The lowest BCUT2D eigenvalue weighted by Crippen LogP contribution is -2.35. The Morgan fingerprint density at radius 3 is 2.40 bits per heavy atom. The zero-order valence-corrected chi connectivity index (χ0v) is 17.7. The highest BCUT2D eigenvalue weighted by Gasteiger charge is 2.16. The van der Waals surface area contributed by atoms with Crippen molar-refractivity contribution in [2.75, 3.05) is 27.4 Å². The number of hydrogen-bond acceptors (Lipinski definition) is 6. The van der Waals surface area contributed by atoms with Crippen LogP contribution in [0.2, 0.25) is 0 Å². The number of ether oxygens (including phenoxy) is 3. The summed E-state index contributed by atoms with van der Waals surface area (Å²) in [6.07, 6.45) is 1.00. The van der Waals surface area contributed by atoms with E-state index in [0.717, 1.165) is 17.1 Å². The largest absolute Gasteiger partial charge is 0.493 e. The smallest absolute Gasteiger partial charge is 0.161 e. The van der Waals surface area contributed by atoms with Crippen LogP contribution in [0.5, 0.6) is 17.2 Å². The predicted molar refractivity (Wildman–Crippen MR) is 115 cm³/mol. The normalized spacial score (nSPS) is 12.0. The maximum Gasteiger partial charge on any atom is 0.161 e. The number of aliphatic hydroxyl groups excluding tert-OH is 1. The van der Waals surface area contributed by atoms with E-state index in [1.165, 1.54) is 5.56 Å². The van der Waals surface area contributed by atoms with Crippen LogP contribution in [-0.2, 0) is 13.1 Å². The first-order chi connectivity index (χ1) is 14.6. The Morgan fingerprint density at radius 2 is 1.73 bits per heavy atom. The van der Waals surface area contributed by atoms with Crippen molar-refractivity contribution in [1.29, 1.82) is 0 Å². The molecule has 0 saturated heterocycles. The molecule has 3 aromatic rings. The average Bonchev–Trinajstić information content (AvgIpc) is 3.26. The SMILES string of the molecule is COc1ccc(CN(Cc2ccco2)CC(O)COc2ccc(C)cc2)cc1OC. The number of nitrogens with zero attached hydrogens (tertiary/aromatic N) is 1. The summed E-state index contributed by atoms with van der Waals surface area (Å²) < 4.78 is 22.0. The van der Waals surface area contributed by atoms with E-state index in [9.17, 15) is 5.11 Å². The van der Waals surface area contributed by atoms with Crippen LogP contribution in [-0.4, -0.2) is 43.5 Å². The van der Waals surface area contributed by atoms with Gasteiger partial charge in [0.15, 0.2) is 11.5 Å². The zero-order valence-electron chi connectivity index (χ0n) is 17.7. The van der Waals surface area contributed by atoms with E-state index < -0.39 is 6.10 Å². The van der Waals surface area contributed by atoms with Gasteiger partial charge in [0.05, 0.1) is 27.0 Å². The van der Waals surface area contributed by atoms with E-state index in [0.29, 0.717) is 31.1 Å². The highest BCUT2D eigenvalue weighted by atomic mass is 16.5. The molecule has 0 amide bonds. The summed E-state index contributed by atoms with van der Waals surface area (Å²) in [7, 11) is 3.24. The van der Waals surface area contributed by atoms with Crippen molar-refractivity contribution < 1.29 is 23.7 Å². The Morgan fingerprint density at radius 1 is 0.967 bits per heavy atom. The fourth-order valence-corrected chi connectivity index (χ4v) is 3.22. The van der Waals surface area contributed by atoms with Crippen LogP contribution in [0.3, 0.4) is 0 Å². The van der Waals surface area contributed by atoms with Gasteiger partial charge in [-0.15, -0.1) is 0 Å². The second-order valence-electron chi connectivity index (χ2n) is 7.22. The van der Waals surface area contributed by atoms with E-state index in [1.54, 1.807) is 20.5 Å². The molecule has 1 heterocycles. The summed E-state index contributed by atoms with van der Waals surface area (Å²) in [5, 5.41) is 10.6. The maximum atomic E-state index is 10.6. The second-order valence-corrected chi connectivity index (χ2v) is 7.22. The summed E-state index contributed by atoms with van der Waals surface area (Å²) >= 11 is 0. The average molecular weight is 411 g/mol. The van der Waals surface area contributed by atoms with Crippen LogP contribution < -0.4 is 14.2 Å². The molecular weight excluding hydrogens is 382 g/mol. The van der Waals surface area contributed by atoms with Crippen LogP contribution >= 0.6 is 0 Å². The first-order valence-corrected chi connectivity index (χ1v) is 9.90. The lowest BCUT2D eigenvalue weighted by molar-refractivity contribution is 0.0604. The molecule has 6 nitrogen and oxygen atoms in total. The van der Waals surface area contributed by atoms with Crippen molar-refractivity contribution in [2.45, 2.75) is 26.1 Å². The van der Waals surface area contributed by atoms with Gasteiger partial charge < -0.3 is 23.7 Å². The van der Waals surface area contributed by atoms with Crippen molar-refractivity contribution >= 4 is 0 Å². The van der Waals surface area contributed by atoms with E-state index in [1.807, 2.05) is 61.5 Å². The van der Waals surface area contributed by atoms with Gasteiger partial charge in [-0.2, -0.15) is 0 Å². The third-order valence-corrected chi connectivity index (χ3v) is 4.75. The molecule has 1 N–H and O–H groups in total. The topological polar surface area (TPSA) is 64.3 Å². The number of aryl methyl sites for hydroxylation is 1. The molecule has 0 saturated carbocycles. The summed E-state index contributed by atoms with van der Waals surface area (Å²) in [6.45, 7) is 3.86. The number of hydrogen-bond donors (Lipinski definition) is 1. The quantitative estimate of drug-likeness (QED) is 0.514. The minimum atomic E-state index is -0.651. The van der Waals surface area contributed by atoms with Gasteiger partial charge in [0.1, 0.15) is 24.2 Å². The van der Waals surface area contributed by atoms with Crippen molar-refractivity contribution in [3.05, 3.63) is 77.7 Å². The van der Waals surface area contributed by atoms with Crippen LogP contribution in [0, 0.1) is 6.92 Å². The monoisotopic (exact) mass is 411 g/mol. The van der Waals surface area contributed by atoms with Gasteiger partial charge in [-0.05, 0) is 48.9 Å². The van der Waals surface area contributed by atoms with Gasteiger partial charge in [-0.1, -0.05) is 23.8 Å². The molecule has 0 spiro atoms. The van der Waals surface area contributed by atoms with Crippen molar-refractivity contribution in [1.82, 2.24) is 4.90 Å². The van der Waals surface area contributed by atoms with Gasteiger partial charge in [-0.25, -0.2) is 0 Å². The first-order valence-electron chi connectivity index (χ1n) is 9.90. The zero-order chi connectivity index (χ0) is 21.3. The summed E-state index contributed by atoms with van der Waals surface area (Å²) in [4.78, 5) is 2.11. The molecule has 0 aliphatic rings. The van der Waals surface area contributed by atoms with E-state index in [2.05, 4.69) is 4.90 Å². The molecule has 6 heteroatoms. The Hall–Kier alpha value is -2.96. The maximum absolute atomic E-state index is 10.6. The fourth-order valence-electron chi connectivity index (χ4n) is 3.22. The molecule has 0 aliphatic heterocycles. The molecule has 0 bridgehead atoms. The molecule has 30 heavy (non-hydrogen) atoms. The number of furan rings is 1. The summed E-state index contributed by atoms with van der Waals surface area (Å²) in [5.74, 6) is 2.95. The minimum absolute atomic E-state index is 0.212. The fraction of sp³-hybridized carbons (Fsp3) is 0.333. The van der Waals surface area contributed by atoms with E-state index in [4.69, 9.17) is 18.6 Å². The van der Waals surface area contributed by atoms with Crippen LogP contribution in [0.15, 0.2) is 65.3 Å². The molecule has 3 rings (SSSR count). The van der Waals surface area contributed by atoms with Gasteiger partial charge >= 0.3 is 0 Å². The van der Waals surface area contributed by atoms with Crippen molar-refractivity contribution in [2.24, 2.45) is 0 Å². The predicted octanol–water partition coefficient (Wildman–Crippen LogP) is 4.05. The molecule has 2 aromatic carbocycles. The van der Waals surface area contributed by atoms with Crippen LogP contribution in [0.1, 0.15) is 16.9 Å². The molecule has 1 unspecified atom stereocenters. The standard InChI is InChI=1S/C24H29NO5/c1-18-6-9-21(10-7-18)30-17-20(26)15-25(16-22-5-4-12-29-22)14-19-8-11-23(27-2)24(13-19)28-3/h4-13,20,26H,14-17H2,1-3H3. The lowest BCUT2D eigenvalue weighted by atomic mass is 10.1. The van der Waals surface area contributed by atoms with Crippen LogP contribution in [0.4, 0.5) is 0 Å². The Balaban J connectivity index is 1.65. The van der Waals surface area contributed by atoms with E-state index in [-0.39, 0.29) is 6.61 Å². The molecule has 1 aromatic heterocycles. The Kier molecular flexibility index (Phi) is 7.76. The second kappa shape index (κ2) is 10.7.